The van der Waals surface area contributed by atoms with Gasteiger partial charge in [0, 0.05) is 0 Å². The molecule has 7 heteroatoms. The summed E-state index contributed by atoms with van der Waals surface area (Å²) in [6.07, 6.45) is 0.115. The van der Waals surface area contributed by atoms with Crippen molar-refractivity contribution in [3.63, 3.8) is 0 Å². The maximum absolute atomic E-state index is 12.5. The van der Waals surface area contributed by atoms with Crippen molar-refractivity contribution in [3.05, 3.63) is 65.2 Å². The van der Waals surface area contributed by atoms with E-state index in [0.717, 1.165) is 5.56 Å². The molecule has 0 aliphatic heterocycles. The smallest absolute Gasteiger partial charge is 0.324 e. The third kappa shape index (κ3) is 4.89. The van der Waals surface area contributed by atoms with Crippen molar-refractivity contribution < 1.29 is 17.9 Å². The van der Waals surface area contributed by atoms with Crippen LogP contribution in [0.4, 0.5) is 0 Å². The highest BCUT2D eigenvalue weighted by atomic mass is 32.2. The topological polar surface area (TPSA) is 96.3 Å². The summed E-state index contributed by atoms with van der Waals surface area (Å²) in [5.74, 6) is -0.681. The van der Waals surface area contributed by atoms with Crippen LogP contribution in [-0.4, -0.2) is 27.5 Å². The minimum atomic E-state index is -3.87. The van der Waals surface area contributed by atoms with E-state index in [1.807, 2.05) is 13.0 Å². The van der Waals surface area contributed by atoms with Gasteiger partial charge in [0.1, 0.15) is 6.04 Å². The number of carbonyl (C=O) groups is 1. The summed E-state index contributed by atoms with van der Waals surface area (Å²) >= 11 is 0. The first-order valence-corrected chi connectivity index (χ1v) is 9.00. The first kappa shape index (κ1) is 18.6. The van der Waals surface area contributed by atoms with Crippen molar-refractivity contribution in [1.82, 2.24) is 4.72 Å². The number of aryl methyl sites for hydroxylation is 1. The Labute approximate surface area is 147 Å². The Morgan fingerprint density at radius 1 is 1.16 bits per heavy atom. The molecule has 0 aromatic heterocycles. The summed E-state index contributed by atoms with van der Waals surface area (Å²) in [6.45, 7) is 1.85. The molecule has 0 heterocycles. The highest BCUT2D eigenvalue weighted by molar-refractivity contribution is 7.89. The lowest BCUT2D eigenvalue weighted by Crippen LogP contribution is -2.42. The highest BCUT2D eigenvalue weighted by Gasteiger charge is 2.26. The highest BCUT2D eigenvalue weighted by Crippen LogP contribution is 2.13. The van der Waals surface area contributed by atoms with Crippen LogP contribution in [0, 0.1) is 18.3 Å². The molecule has 0 saturated heterocycles. The number of rotatable bonds is 6. The Kier molecular flexibility index (Phi) is 5.91. The lowest BCUT2D eigenvalue weighted by molar-refractivity contribution is -0.142. The minimum Gasteiger partial charge on any atom is -0.468 e. The van der Waals surface area contributed by atoms with Crippen molar-refractivity contribution in [2.75, 3.05) is 7.11 Å². The van der Waals surface area contributed by atoms with Crippen LogP contribution >= 0.6 is 0 Å². The first-order valence-electron chi connectivity index (χ1n) is 7.51. The Bertz CT molecular complexity index is 882. The maximum atomic E-state index is 12.5. The van der Waals surface area contributed by atoms with Crippen molar-refractivity contribution in [3.8, 4) is 6.07 Å². The Hall–Kier alpha value is -2.69. The van der Waals surface area contributed by atoms with E-state index in [1.54, 1.807) is 36.4 Å². The summed E-state index contributed by atoms with van der Waals surface area (Å²) in [5, 5.41) is 8.82. The van der Waals surface area contributed by atoms with Crippen LogP contribution in [0.5, 0.6) is 0 Å². The molecule has 1 atom stereocenters. The van der Waals surface area contributed by atoms with Crippen molar-refractivity contribution >= 4 is 16.0 Å². The Morgan fingerprint density at radius 3 is 2.28 bits per heavy atom. The van der Waals surface area contributed by atoms with Crippen molar-refractivity contribution in [2.45, 2.75) is 24.3 Å². The second-order valence-electron chi connectivity index (χ2n) is 5.52. The second kappa shape index (κ2) is 7.92. The van der Waals surface area contributed by atoms with E-state index in [-0.39, 0.29) is 11.3 Å². The van der Waals surface area contributed by atoms with Crippen LogP contribution in [0.1, 0.15) is 16.7 Å². The molecule has 0 spiro atoms. The summed E-state index contributed by atoms with van der Waals surface area (Å²) in [5.41, 5.74) is 2.13. The van der Waals surface area contributed by atoms with E-state index in [9.17, 15) is 13.2 Å². The van der Waals surface area contributed by atoms with Crippen LogP contribution in [0.3, 0.4) is 0 Å². The van der Waals surface area contributed by atoms with Crippen LogP contribution in [0.25, 0.3) is 0 Å². The van der Waals surface area contributed by atoms with Crippen LogP contribution in [-0.2, 0) is 26.0 Å². The standard InChI is InChI=1S/C18H18N2O4S/c1-13-3-9-16(10-4-13)25(22,23)20-17(18(21)24-2)11-14-5-7-15(12-19)8-6-14/h3-10,17,20H,11H2,1-2H3/t17-/m0/s1. The number of sulfonamides is 1. The zero-order valence-corrected chi connectivity index (χ0v) is 14.7. The fourth-order valence-corrected chi connectivity index (χ4v) is 3.42. The molecule has 2 rings (SSSR count). The Balaban J connectivity index is 2.23. The molecule has 2 aromatic carbocycles. The van der Waals surface area contributed by atoms with Gasteiger partial charge < -0.3 is 4.74 Å². The van der Waals surface area contributed by atoms with E-state index >= 15 is 0 Å². The molecular formula is C18H18N2O4S. The normalized spacial score (nSPS) is 12.2. The molecule has 0 amide bonds. The van der Waals surface area contributed by atoms with Gasteiger partial charge in [-0.05, 0) is 43.2 Å². The average molecular weight is 358 g/mol. The predicted octanol–water partition coefficient (Wildman–Crippen LogP) is 1.93. The lowest BCUT2D eigenvalue weighted by atomic mass is 10.1. The SMILES string of the molecule is COC(=O)[C@H](Cc1ccc(C#N)cc1)NS(=O)(=O)c1ccc(C)cc1. The first-order chi connectivity index (χ1) is 11.9. The van der Waals surface area contributed by atoms with E-state index in [0.29, 0.717) is 11.1 Å². The molecule has 0 saturated carbocycles. The van der Waals surface area contributed by atoms with Gasteiger partial charge in [-0.15, -0.1) is 0 Å². The quantitative estimate of drug-likeness (QED) is 0.796. The number of nitrogens with zero attached hydrogens (tertiary/aromatic N) is 1. The van der Waals surface area contributed by atoms with E-state index in [1.165, 1.54) is 19.2 Å². The van der Waals surface area contributed by atoms with Gasteiger partial charge in [0.25, 0.3) is 0 Å². The largest absolute Gasteiger partial charge is 0.468 e. The van der Waals surface area contributed by atoms with Gasteiger partial charge in [-0.1, -0.05) is 29.8 Å². The molecular weight excluding hydrogens is 340 g/mol. The van der Waals surface area contributed by atoms with Crippen LogP contribution in [0.2, 0.25) is 0 Å². The monoisotopic (exact) mass is 358 g/mol. The second-order valence-corrected chi connectivity index (χ2v) is 7.24. The van der Waals surface area contributed by atoms with E-state index < -0.39 is 22.0 Å². The van der Waals surface area contributed by atoms with Gasteiger partial charge in [-0.2, -0.15) is 9.98 Å². The van der Waals surface area contributed by atoms with Gasteiger partial charge in [-0.25, -0.2) is 8.42 Å². The molecule has 6 nitrogen and oxygen atoms in total. The number of benzene rings is 2. The predicted molar refractivity (Wildman–Crippen MR) is 92.2 cm³/mol. The molecule has 130 valence electrons. The van der Waals surface area contributed by atoms with Crippen molar-refractivity contribution in [2.24, 2.45) is 0 Å². The van der Waals surface area contributed by atoms with E-state index in [4.69, 9.17) is 10.00 Å². The van der Waals surface area contributed by atoms with Gasteiger partial charge in [0.2, 0.25) is 10.0 Å². The third-order valence-electron chi connectivity index (χ3n) is 3.64. The molecule has 0 fully saturated rings. The van der Waals surface area contributed by atoms with Crippen molar-refractivity contribution in [1.29, 1.82) is 5.26 Å². The minimum absolute atomic E-state index is 0.0758. The number of esters is 1. The number of nitrogens with one attached hydrogen (secondary N) is 1. The number of hydrogen-bond acceptors (Lipinski definition) is 5. The maximum Gasteiger partial charge on any atom is 0.324 e. The molecule has 1 N–H and O–H groups in total. The number of methoxy groups -OCH3 is 1. The molecule has 0 aliphatic carbocycles. The molecule has 25 heavy (non-hydrogen) atoms. The Morgan fingerprint density at radius 2 is 1.76 bits per heavy atom. The number of carbonyl (C=O) groups excluding carboxylic acids is 1. The van der Waals surface area contributed by atoms with Gasteiger partial charge in [0.15, 0.2) is 0 Å². The van der Waals surface area contributed by atoms with Crippen LogP contribution < -0.4 is 4.72 Å². The van der Waals surface area contributed by atoms with E-state index in [2.05, 4.69) is 4.72 Å². The average Bonchev–Trinajstić information content (AvgIpc) is 2.61. The van der Waals surface area contributed by atoms with Gasteiger partial charge in [0.05, 0.1) is 23.6 Å². The molecule has 2 aromatic rings. The fourth-order valence-electron chi connectivity index (χ4n) is 2.24. The fraction of sp³-hybridized carbons (Fsp3) is 0.222. The third-order valence-corrected chi connectivity index (χ3v) is 5.12. The number of nitriles is 1. The summed E-state index contributed by atoms with van der Waals surface area (Å²) in [6, 6.07) is 13.8. The molecule has 0 bridgehead atoms. The number of hydrogen-bond donors (Lipinski definition) is 1. The lowest BCUT2D eigenvalue weighted by Gasteiger charge is -2.17. The zero-order valence-electron chi connectivity index (χ0n) is 13.9. The molecule has 0 unspecified atom stereocenters. The summed E-state index contributed by atoms with van der Waals surface area (Å²) in [7, 11) is -2.66. The zero-order chi connectivity index (χ0) is 18.4. The van der Waals surface area contributed by atoms with Gasteiger partial charge in [-0.3, -0.25) is 4.79 Å². The van der Waals surface area contributed by atoms with Crippen LogP contribution in [0.15, 0.2) is 53.4 Å². The molecule has 0 aliphatic rings. The molecule has 0 radical (unpaired) electrons. The van der Waals surface area contributed by atoms with Gasteiger partial charge >= 0.3 is 5.97 Å². The number of ether oxygens (including phenoxy) is 1. The summed E-state index contributed by atoms with van der Waals surface area (Å²) < 4.78 is 32.1. The summed E-state index contributed by atoms with van der Waals surface area (Å²) in [4.78, 5) is 12.1.